The van der Waals surface area contributed by atoms with Crippen LogP contribution in [0.5, 0.6) is 11.5 Å². The van der Waals surface area contributed by atoms with Crippen molar-refractivity contribution in [3.63, 3.8) is 0 Å². The molecule has 0 radical (unpaired) electrons. The van der Waals surface area contributed by atoms with Crippen LogP contribution in [0.1, 0.15) is 34.4 Å². The minimum absolute atomic E-state index is 0.183. The number of rotatable bonds is 4. The van der Waals surface area contributed by atoms with Crippen LogP contribution in [0, 0.1) is 0 Å². The fourth-order valence-corrected chi connectivity index (χ4v) is 1.10. The van der Waals surface area contributed by atoms with Crippen molar-refractivity contribution in [3.05, 3.63) is 23.7 Å². The lowest BCUT2D eigenvalue weighted by atomic mass is 10.1. The Morgan fingerprint density at radius 1 is 1.67 bits per heavy atom. The third-order valence-electron chi connectivity index (χ3n) is 1.71. The Morgan fingerprint density at radius 2 is 2.53 bits per heavy atom. The summed E-state index contributed by atoms with van der Waals surface area (Å²) in [6.07, 6.45) is -2.92. The maximum Gasteiger partial charge on any atom is 0.231 e. The lowest BCUT2D eigenvalue weighted by molar-refractivity contribution is 0.174. The first kappa shape index (κ1) is 3.39. The summed E-state index contributed by atoms with van der Waals surface area (Å²) >= 11 is 0. The molecule has 1 heterocycles. The minimum atomic E-state index is -3.19. The highest BCUT2D eigenvalue weighted by atomic mass is 16.7. The van der Waals surface area contributed by atoms with Crippen molar-refractivity contribution in [2.24, 2.45) is 0 Å². The highest BCUT2D eigenvalue weighted by Crippen LogP contribution is 2.32. The molecule has 0 saturated carbocycles. The molecule has 1 aliphatic heterocycles. The highest BCUT2D eigenvalue weighted by Gasteiger charge is 2.13. The molecule has 3 nitrogen and oxygen atoms in total. The first-order valence-electron chi connectivity index (χ1n) is 9.74. The van der Waals surface area contributed by atoms with E-state index in [2.05, 4.69) is 0 Å². The van der Waals surface area contributed by atoms with E-state index in [1.54, 1.807) is 0 Å². The van der Waals surface area contributed by atoms with Crippen molar-refractivity contribution in [2.75, 3.05) is 13.3 Å². The summed E-state index contributed by atoms with van der Waals surface area (Å²) in [6.45, 7) is -5.71. The van der Waals surface area contributed by atoms with E-state index in [-0.39, 0.29) is 18.3 Å². The molecule has 1 aliphatic rings. The summed E-state index contributed by atoms with van der Waals surface area (Å²) in [5.74, 6) is -0.434. The normalized spacial score (nSPS) is 30.9. The predicted molar refractivity (Wildman–Crippen MR) is 59.4 cm³/mol. The second kappa shape index (κ2) is 4.53. The molecule has 82 valence electrons. The number of benzene rings is 1. The molecule has 15 heavy (non-hydrogen) atoms. The summed E-state index contributed by atoms with van der Waals surface area (Å²) < 4.78 is 95.4. The molecule has 0 spiro atoms. The SMILES string of the molecule is [2H]c1c([2H])c(C([2H])([2H])[C@@]([2H])(C)NC([2H])([2H])C([2H])([2H])[2H])c([2H])c2c1OCO2. The number of hydrogen-bond acceptors (Lipinski definition) is 3. The Hall–Kier alpha value is -1.22. The molecule has 0 unspecified atom stereocenters. The van der Waals surface area contributed by atoms with E-state index in [0.29, 0.717) is 0 Å². The van der Waals surface area contributed by atoms with Gasteiger partial charge in [0.1, 0.15) is 0 Å². The van der Waals surface area contributed by atoms with Gasteiger partial charge in [-0.05, 0) is 37.4 Å². The first-order chi connectivity index (χ1) is 11.5. The largest absolute Gasteiger partial charge is 0.454 e. The molecule has 3 heteroatoms. The lowest BCUT2D eigenvalue weighted by Gasteiger charge is -2.12. The molecule has 2 rings (SSSR count). The fraction of sp³-hybridized carbons (Fsp3) is 0.500. The summed E-state index contributed by atoms with van der Waals surface area (Å²) in [4.78, 5) is 0. The molecule has 1 atom stereocenters. The van der Waals surface area contributed by atoms with Crippen LogP contribution in [0.3, 0.4) is 0 Å². The van der Waals surface area contributed by atoms with E-state index in [1.807, 2.05) is 5.32 Å². The quantitative estimate of drug-likeness (QED) is 0.838. The monoisotopic (exact) mass is 218 g/mol. The van der Waals surface area contributed by atoms with Gasteiger partial charge < -0.3 is 14.8 Å². The second-order valence-electron chi connectivity index (χ2n) is 2.81. The second-order valence-corrected chi connectivity index (χ2v) is 2.81. The third kappa shape index (κ3) is 2.42. The summed E-state index contributed by atoms with van der Waals surface area (Å²) in [7, 11) is 0. The number of likely N-dealkylation sites (N-methyl/N-ethyl adjacent to an activating group) is 1. The zero-order valence-corrected chi connectivity index (χ0v) is 8.02. The Bertz CT molecular complexity index is 729. The number of fused-ring (bicyclic) bond motifs is 1. The van der Waals surface area contributed by atoms with Crippen LogP contribution in [0.15, 0.2) is 18.1 Å². The van der Waals surface area contributed by atoms with Gasteiger partial charge in [-0.25, -0.2) is 0 Å². The zero-order valence-electron chi connectivity index (χ0n) is 19.0. The van der Waals surface area contributed by atoms with Crippen LogP contribution in [-0.2, 0) is 6.37 Å². The molecule has 0 saturated heterocycles. The molecule has 1 N–H and O–H groups in total. The van der Waals surface area contributed by atoms with Crippen LogP contribution < -0.4 is 14.8 Å². The number of ether oxygens (including phenoxy) is 2. The average molecular weight is 218 g/mol. The van der Waals surface area contributed by atoms with E-state index < -0.39 is 49.4 Å². The van der Waals surface area contributed by atoms with Crippen molar-refractivity contribution in [3.8, 4) is 11.5 Å². The molecular weight excluding hydrogens is 190 g/mol. The first-order valence-corrected chi connectivity index (χ1v) is 4.24. The fourth-order valence-electron chi connectivity index (χ4n) is 1.10. The van der Waals surface area contributed by atoms with Gasteiger partial charge in [-0.3, -0.25) is 0 Å². The van der Waals surface area contributed by atoms with Gasteiger partial charge in [0.2, 0.25) is 6.79 Å². The van der Waals surface area contributed by atoms with E-state index >= 15 is 0 Å². The van der Waals surface area contributed by atoms with E-state index in [9.17, 15) is 0 Å². The van der Waals surface area contributed by atoms with Gasteiger partial charge in [0, 0.05) is 17.0 Å². The van der Waals surface area contributed by atoms with Gasteiger partial charge in [-0.2, -0.15) is 0 Å². The van der Waals surface area contributed by atoms with Crippen LogP contribution in [0.25, 0.3) is 0 Å². The average Bonchev–Trinajstić information content (AvgIpc) is 2.92. The van der Waals surface area contributed by atoms with Crippen LogP contribution in [-0.4, -0.2) is 19.3 Å². The Morgan fingerprint density at radius 3 is 3.40 bits per heavy atom. The zero-order chi connectivity index (χ0) is 20.3. The summed E-state index contributed by atoms with van der Waals surface area (Å²) in [5.41, 5.74) is -0.696. The molecule has 0 fully saturated rings. The molecule has 0 aliphatic carbocycles. The Kier molecular flexibility index (Phi) is 1.02. The molecular formula is C12H17NO2. The van der Waals surface area contributed by atoms with Gasteiger partial charge in [0.25, 0.3) is 0 Å². The van der Waals surface area contributed by atoms with Crippen molar-refractivity contribution < 1.29 is 24.6 Å². The third-order valence-corrected chi connectivity index (χ3v) is 1.71. The molecule has 0 aromatic heterocycles. The minimum Gasteiger partial charge on any atom is -0.454 e. The van der Waals surface area contributed by atoms with Crippen molar-refractivity contribution >= 4 is 0 Å². The van der Waals surface area contributed by atoms with E-state index in [4.69, 9.17) is 24.6 Å². The van der Waals surface area contributed by atoms with E-state index in [0.717, 1.165) is 6.92 Å². The molecule has 1 aromatic rings. The Balaban J connectivity index is 2.59. The smallest absolute Gasteiger partial charge is 0.231 e. The van der Waals surface area contributed by atoms with Crippen molar-refractivity contribution in [1.29, 1.82) is 0 Å². The molecule has 1 aromatic carbocycles. The van der Waals surface area contributed by atoms with Gasteiger partial charge in [0.15, 0.2) is 11.5 Å². The summed E-state index contributed by atoms with van der Waals surface area (Å²) in [6, 6.07) is -4.48. The predicted octanol–water partition coefficient (Wildman–Crippen LogP) is 1.96. The van der Waals surface area contributed by atoms with E-state index in [1.165, 1.54) is 0 Å². The van der Waals surface area contributed by atoms with Gasteiger partial charge in [-0.1, -0.05) is 12.9 Å². The van der Waals surface area contributed by atoms with Crippen LogP contribution in [0.4, 0.5) is 0 Å². The number of hydrogen-bond donors (Lipinski definition) is 1. The van der Waals surface area contributed by atoms with Gasteiger partial charge in [-0.15, -0.1) is 0 Å². The van der Waals surface area contributed by atoms with Crippen LogP contribution >= 0.6 is 0 Å². The number of nitrogens with one attached hydrogen (secondary N) is 1. The summed E-state index contributed by atoms with van der Waals surface area (Å²) in [5, 5.41) is 1.82. The standard InChI is InChI=1S/C12H17NO2/c1-3-13-9(2)6-10-4-5-11-12(7-10)15-8-14-11/h4-5,7,9,13H,3,6,8H2,1-2H3/t9-/m1/s1/i1D3,3D2,4D,5D,6D2,7D,9D. The van der Waals surface area contributed by atoms with Crippen molar-refractivity contribution in [2.45, 2.75) is 26.2 Å². The van der Waals surface area contributed by atoms with Crippen molar-refractivity contribution in [1.82, 2.24) is 5.32 Å². The molecule has 0 amide bonds. The van der Waals surface area contributed by atoms with Crippen LogP contribution in [0.2, 0.25) is 0 Å². The lowest BCUT2D eigenvalue weighted by Crippen LogP contribution is -2.27. The van der Waals surface area contributed by atoms with Gasteiger partial charge in [0.05, 0.1) is 4.11 Å². The topological polar surface area (TPSA) is 30.5 Å². The maximum absolute atomic E-state index is 8.24. The highest BCUT2D eigenvalue weighted by molar-refractivity contribution is 5.44. The maximum atomic E-state index is 8.24. The molecule has 0 bridgehead atoms. The van der Waals surface area contributed by atoms with Gasteiger partial charge >= 0.3 is 0 Å². The Labute approximate surface area is 106 Å².